The minimum Gasteiger partial charge on any atom is -0.452 e. The van der Waals surface area contributed by atoms with E-state index in [-0.39, 0.29) is 0 Å². The van der Waals surface area contributed by atoms with E-state index in [2.05, 4.69) is 0 Å². The molecule has 2 atom stereocenters. The van der Waals surface area contributed by atoms with Crippen molar-refractivity contribution in [1.29, 1.82) is 0 Å². The molecule has 2 unspecified atom stereocenters. The van der Waals surface area contributed by atoms with E-state index < -0.39 is 24.3 Å². The molecule has 1 N–H and O–H groups in total. The summed E-state index contributed by atoms with van der Waals surface area (Å²) in [7, 11) is 0. The van der Waals surface area contributed by atoms with Crippen LogP contribution in [0.25, 0.3) is 0 Å². The number of aliphatic hydroxyl groups excluding tert-OH is 1. The molecule has 0 saturated heterocycles. The maximum absolute atomic E-state index is 11.8. The van der Waals surface area contributed by atoms with Crippen molar-refractivity contribution in [3.05, 3.63) is 71.8 Å². The van der Waals surface area contributed by atoms with E-state index in [0.29, 0.717) is 11.1 Å². The predicted octanol–water partition coefficient (Wildman–Crippen LogP) is 2.41. The van der Waals surface area contributed by atoms with E-state index >= 15 is 0 Å². The Hall–Kier alpha value is -2.66. The molecule has 0 saturated carbocycles. The Kier molecular flexibility index (Phi) is 5.27. The van der Waals surface area contributed by atoms with Crippen LogP contribution in [0, 0.1) is 0 Å². The fourth-order valence-electron chi connectivity index (χ4n) is 1.72. The van der Waals surface area contributed by atoms with Gasteiger partial charge in [-0.1, -0.05) is 36.4 Å². The van der Waals surface area contributed by atoms with E-state index in [1.54, 1.807) is 60.7 Å². The van der Waals surface area contributed by atoms with Crippen LogP contribution in [0.15, 0.2) is 60.7 Å². The summed E-state index contributed by atoms with van der Waals surface area (Å²) in [5.74, 6) is -1.28. The van der Waals surface area contributed by atoms with Gasteiger partial charge in [0.15, 0.2) is 6.10 Å². The van der Waals surface area contributed by atoms with Crippen LogP contribution >= 0.6 is 0 Å². The van der Waals surface area contributed by atoms with Crippen LogP contribution in [0.5, 0.6) is 0 Å². The molecule has 22 heavy (non-hydrogen) atoms. The van der Waals surface area contributed by atoms with E-state index in [1.165, 1.54) is 6.92 Å². The second-order valence-corrected chi connectivity index (χ2v) is 4.64. The van der Waals surface area contributed by atoms with Gasteiger partial charge in [0.05, 0.1) is 11.1 Å². The van der Waals surface area contributed by atoms with Crippen molar-refractivity contribution in [3.8, 4) is 0 Å². The summed E-state index contributed by atoms with van der Waals surface area (Å²) < 4.78 is 9.94. The lowest BCUT2D eigenvalue weighted by Gasteiger charge is -2.19. The molecule has 0 spiro atoms. The SMILES string of the molecule is CC(OC(=O)c1ccccc1)C(O)OC(=O)c1ccccc1. The first-order valence-corrected chi connectivity index (χ1v) is 6.78. The predicted molar refractivity (Wildman–Crippen MR) is 79.2 cm³/mol. The van der Waals surface area contributed by atoms with Crippen molar-refractivity contribution in [2.45, 2.75) is 19.3 Å². The largest absolute Gasteiger partial charge is 0.452 e. The van der Waals surface area contributed by atoms with E-state index in [1.807, 2.05) is 0 Å². The fraction of sp³-hybridized carbons (Fsp3) is 0.176. The highest BCUT2D eigenvalue weighted by Gasteiger charge is 2.23. The first-order valence-electron chi connectivity index (χ1n) is 6.78. The van der Waals surface area contributed by atoms with Crippen LogP contribution in [0.3, 0.4) is 0 Å². The van der Waals surface area contributed by atoms with Crippen LogP contribution < -0.4 is 0 Å². The van der Waals surface area contributed by atoms with Crippen LogP contribution in [0.1, 0.15) is 27.6 Å². The first-order chi connectivity index (χ1) is 10.6. The zero-order valence-corrected chi connectivity index (χ0v) is 12.0. The van der Waals surface area contributed by atoms with Crippen molar-refractivity contribution < 1.29 is 24.2 Å². The Morgan fingerprint density at radius 3 is 1.68 bits per heavy atom. The number of hydrogen-bond acceptors (Lipinski definition) is 5. The molecule has 0 aliphatic rings. The molecule has 0 bridgehead atoms. The normalized spacial score (nSPS) is 13.0. The van der Waals surface area contributed by atoms with Gasteiger partial charge >= 0.3 is 11.9 Å². The lowest BCUT2D eigenvalue weighted by Crippen LogP contribution is -2.32. The number of carbonyl (C=O) groups excluding carboxylic acids is 2. The Morgan fingerprint density at radius 2 is 1.23 bits per heavy atom. The van der Waals surface area contributed by atoms with Crippen molar-refractivity contribution in [3.63, 3.8) is 0 Å². The van der Waals surface area contributed by atoms with Gasteiger partial charge in [0.1, 0.15) is 0 Å². The van der Waals surface area contributed by atoms with Crippen molar-refractivity contribution in [2.24, 2.45) is 0 Å². The molecule has 0 aliphatic carbocycles. The Morgan fingerprint density at radius 1 is 0.818 bits per heavy atom. The Balaban J connectivity index is 1.91. The molecule has 0 radical (unpaired) electrons. The quantitative estimate of drug-likeness (QED) is 0.678. The fourth-order valence-corrected chi connectivity index (χ4v) is 1.72. The Labute approximate surface area is 128 Å². The first kappa shape index (κ1) is 15.7. The van der Waals surface area contributed by atoms with Gasteiger partial charge in [0.2, 0.25) is 6.29 Å². The molecule has 2 aromatic carbocycles. The van der Waals surface area contributed by atoms with E-state index in [9.17, 15) is 14.7 Å². The lowest BCUT2D eigenvalue weighted by molar-refractivity contribution is -0.127. The van der Waals surface area contributed by atoms with Crippen molar-refractivity contribution in [2.75, 3.05) is 0 Å². The average molecular weight is 300 g/mol. The van der Waals surface area contributed by atoms with E-state index in [4.69, 9.17) is 9.47 Å². The topological polar surface area (TPSA) is 72.8 Å². The molecular weight excluding hydrogens is 284 g/mol. The molecule has 0 aliphatic heterocycles. The van der Waals surface area contributed by atoms with Gasteiger partial charge in [-0.2, -0.15) is 0 Å². The molecule has 0 amide bonds. The highest BCUT2D eigenvalue weighted by Crippen LogP contribution is 2.10. The summed E-state index contributed by atoms with van der Waals surface area (Å²) in [6.45, 7) is 1.45. The minimum absolute atomic E-state index is 0.308. The third-order valence-electron chi connectivity index (χ3n) is 2.94. The Bertz CT molecular complexity index is 567. The average Bonchev–Trinajstić information content (AvgIpc) is 2.56. The second kappa shape index (κ2) is 7.38. The number of ether oxygens (including phenoxy) is 2. The zero-order chi connectivity index (χ0) is 15.9. The molecule has 2 rings (SSSR count). The van der Waals surface area contributed by atoms with Gasteiger partial charge < -0.3 is 14.6 Å². The number of carbonyl (C=O) groups is 2. The standard InChI is InChI=1S/C17H16O5/c1-12(21-16(19)13-8-4-2-5-9-13)15(18)22-17(20)14-10-6-3-7-11-14/h2-12,15,18H,1H3. The smallest absolute Gasteiger partial charge is 0.340 e. The second-order valence-electron chi connectivity index (χ2n) is 4.64. The number of rotatable bonds is 5. The highest BCUT2D eigenvalue weighted by atomic mass is 16.7. The van der Waals surface area contributed by atoms with Gasteiger partial charge in [-0.15, -0.1) is 0 Å². The van der Waals surface area contributed by atoms with Gasteiger partial charge in [-0.3, -0.25) is 0 Å². The van der Waals surface area contributed by atoms with Gasteiger partial charge in [0, 0.05) is 0 Å². The van der Waals surface area contributed by atoms with Crippen LogP contribution in [-0.2, 0) is 9.47 Å². The van der Waals surface area contributed by atoms with Gasteiger partial charge in [0.25, 0.3) is 0 Å². The van der Waals surface area contributed by atoms with Crippen LogP contribution in [0.2, 0.25) is 0 Å². The molecule has 2 aromatic rings. The molecule has 114 valence electrons. The number of esters is 2. The number of aliphatic hydroxyl groups is 1. The maximum Gasteiger partial charge on any atom is 0.340 e. The summed E-state index contributed by atoms with van der Waals surface area (Å²) >= 11 is 0. The number of hydrogen-bond donors (Lipinski definition) is 1. The summed E-state index contributed by atoms with van der Waals surface area (Å²) in [5.41, 5.74) is 0.666. The lowest BCUT2D eigenvalue weighted by atomic mass is 10.2. The molecule has 5 nitrogen and oxygen atoms in total. The monoisotopic (exact) mass is 300 g/mol. The summed E-state index contributed by atoms with van der Waals surface area (Å²) in [6.07, 6.45) is -2.53. The van der Waals surface area contributed by atoms with Crippen LogP contribution in [-0.4, -0.2) is 29.4 Å². The third kappa shape index (κ3) is 4.17. The molecular formula is C17H16O5. The molecule has 0 aromatic heterocycles. The van der Waals surface area contributed by atoms with Crippen LogP contribution in [0.4, 0.5) is 0 Å². The number of benzene rings is 2. The molecule has 5 heteroatoms. The highest BCUT2D eigenvalue weighted by molar-refractivity contribution is 5.90. The minimum atomic E-state index is -1.54. The van der Waals surface area contributed by atoms with Gasteiger partial charge in [-0.25, -0.2) is 9.59 Å². The van der Waals surface area contributed by atoms with Gasteiger partial charge in [-0.05, 0) is 31.2 Å². The summed E-state index contributed by atoms with van der Waals surface area (Å²) in [4.78, 5) is 23.6. The van der Waals surface area contributed by atoms with Crippen molar-refractivity contribution >= 4 is 11.9 Å². The summed E-state index contributed by atoms with van der Waals surface area (Å²) in [6, 6.07) is 16.6. The maximum atomic E-state index is 11.8. The third-order valence-corrected chi connectivity index (χ3v) is 2.94. The molecule has 0 fully saturated rings. The zero-order valence-electron chi connectivity index (χ0n) is 12.0. The summed E-state index contributed by atoms with van der Waals surface area (Å²) in [5, 5.41) is 9.82. The molecule has 0 heterocycles. The van der Waals surface area contributed by atoms with Crippen molar-refractivity contribution in [1.82, 2.24) is 0 Å². The van der Waals surface area contributed by atoms with E-state index in [0.717, 1.165) is 0 Å².